The predicted octanol–water partition coefficient (Wildman–Crippen LogP) is 4.67. The maximum Gasteiger partial charge on any atom is 0.0850 e. The van der Waals surface area contributed by atoms with E-state index in [1.54, 1.807) is 6.07 Å². The third kappa shape index (κ3) is 3.72. The highest BCUT2D eigenvalue weighted by molar-refractivity contribution is 6.34. The zero-order chi connectivity index (χ0) is 15.6. The van der Waals surface area contributed by atoms with Gasteiger partial charge in [0.05, 0.1) is 16.4 Å². The van der Waals surface area contributed by atoms with Crippen LogP contribution in [0.25, 0.3) is 0 Å². The molecule has 1 atom stereocenters. The molecule has 0 aliphatic carbocycles. The fraction of sp³-hybridized carbons (Fsp3) is 0.400. The lowest BCUT2D eigenvalue weighted by Crippen LogP contribution is -2.16. The predicted molar refractivity (Wildman–Crippen MR) is 89.4 cm³/mol. The van der Waals surface area contributed by atoms with E-state index in [-0.39, 0.29) is 6.04 Å². The van der Waals surface area contributed by atoms with Gasteiger partial charge in [-0.15, -0.1) is 0 Å². The summed E-state index contributed by atoms with van der Waals surface area (Å²) in [5, 5.41) is 6.38. The molecule has 114 valence electrons. The standard InChI is InChI=1S/C15H18Cl3N3/c1-3-13-15(18)14(21(4-2)20-13)8-12(19)9-5-10(16)7-11(17)6-9/h5-7,12H,3-4,8,19H2,1-2H3. The number of aryl methyl sites for hydroxylation is 2. The minimum atomic E-state index is -0.231. The van der Waals surface area contributed by atoms with Gasteiger partial charge in [0.15, 0.2) is 0 Å². The Labute approximate surface area is 140 Å². The highest BCUT2D eigenvalue weighted by Crippen LogP contribution is 2.28. The fourth-order valence-corrected chi connectivity index (χ4v) is 3.22. The minimum Gasteiger partial charge on any atom is -0.324 e. The molecule has 0 fully saturated rings. The average molecular weight is 347 g/mol. The number of halogens is 3. The van der Waals surface area contributed by atoms with Crippen molar-refractivity contribution in [2.75, 3.05) is 0 Å². The first-order chi connectivity index (χ1) is 9.96. The average Bonchev–Trinajstić information content (AvgIpc) is 2.74. The molecule has 0 spiro atoms. The first-order valence-electron chi connectivity index (χ1n) is 6.91. The molecular weight excluding hydrogens is 329 g/mol. The lowest BCUT2D eigenvalue weighted by Gasteiger charge is -2.14. The fourth-order valence-electron chi connectivity index (χ4n) is 2.33. The van der Waals surface area contributed by atoms with Crippen molar-refractivity contribution in [1.82, 2.24) is 9.78 Å². The molecule has 0 saturated heterocycles. The molecule has 0 aliphatic rings. The molecule has 1 unspecified atom stereocenters. The summed E-state index contributed by atoms with van der Waals surface area (Å²) in [6.07, 6.45) is 1.40. The van der Waals surface area contributed by atoms with E-state index < -0.39 is 0 Å². The number of hydrogen-bond donors (Lipinski definition) is 1. The monoisotopic (exact) mass is 345 g/mol. The van der Waals surface area contributed by atoms with Gasteiger partial charge in [-0.1, -0.05) is 41.7 Å². The van der Waals surface area contributed by atoms with E-state index in [0.717, 1.165) is 29.9 Å². The molecule has 2 aromatic rings. The van der Waals surface area contributed by atoms with Crippen molar-refractivity contribution in [1.29, 1.82) is 0 Å². The van der Waals surface area contributed by atoms with Crippen molar-refractivity contribution >= 4 is 34.8 Å². The molecule has 6 heteroatoms. The van der Waals surface area contributed by atoms with Gasteiger partial charge < -0.3 is 5.73 Å². The largest absolute Gasteiger partial charge is 0.324 e. The summed E-state index contributed by atoms with van der Waals surface area (Å²) >= 11 is 18.5. The number of hydrogen-bond acceptors (Lipinski definition) is 2. The lowest BCUT2D eigenvalue weighted by atomic mass is 10.0. The second-order valence-corrected chi connectivity index (χ2v) is 6.14. The van der Waals surface area contributed by atoms with Crippen LogP contribution in [0.4, 0.5) is 0 Å². The van der Waals surface area contributed by atoms with Crippen molar-refractivity contribution in [2.45, 2.75) is 39.3 Å². The molecule has 0 saturated carbocycles. The molecule has 1 aromatic carbocycles. The summed E-state index contributed by atoms with van der Waals surface area (Å²) in [5.41, 5.74) is 9.05. The second-order valence-electron chi connectivity index (χ2n) is 4.89. The quantitative estimate of drug-likeness (QED) is 0.855. The third-order valence-electron chi connectivity index (χ3n) is 3.42. The maximum atomic E-state index is 6.41. The zero-order valence-corrected chi connectivity index (χ0v) is 14.3. The Morgan fingerprint density at radius 2 is 1.76 bits per heavy atom. The van der Waals surface area contributed by atoms with Crippen molar-refractivity contribution in [3.63, 3.8) is 0 Å². The maximum absolute atomic E-state index is 6.41. The number of nitrogens with two attached hydrogens (primary N) is 1. The second kappa shape index (κ2) is 7.01. The molecule has 0 aliphatic heterocycles. The summed E-state index contributed by atoms with van der Waals surface area (Å²) in [6.45, 7) is 4.83. The molecule has 0 bridgehead atoms. The zero-order valence-electron chi connectivity index (χ0n) is 12.0. The molecule has 21 heavy (non-hydrogen) atoms. The summed E-state index contributed by atoms with van der Waals surface area (Å²) in [5.74, 6) is 0. The van der Waals surface area contributed by atoms with Crippen molar-refractivity contribution in [2.24, 2.45) is 5.73 Å². The van der Waals surface area contributed by atoms with Crippen molar-refractivity contribution in [3.8, 4) is 0 Å². The first-order valence-corrected chi connectivity index (χ1v) is 8.05. The Balaban J connectivity index is 2.30. The smallest absolute Gasteiger partial charge is 0.0850 e. The van der Waals surface area contributed by atoms with Gasteiger partial charge in [-0.3, -0.25) is 4.68 Å². The minimum absolute atomic E-state index is 0.231. The Morgan fingerprint density at radius 3 is 2.29 bits per heavy atom. The number of benzene rings is 1. The van der Waals surface area contributed by atoms with Crippen LogP contribution in [0.1, 0.15) is 36.8 Å². The van der Waals surface area contributed by atoms with Gasteiger partial charge in [-0.25, -0.2) is 0 Å². The van der Waals surface area contributed by atoms with Crippen LogP contribution in [-0.2, 0) is 19.4 Å². The Bertz CT molecular complexity index is 617. The van der Waals surface area contributed by atoms with Crippen LogP contribution in [0.15, 0.2) is 18.2 Å². The van der Waals surface area contributed by atoms with Crippen molar-refractivity contribution < 1.29 is 0 Å². The van der Waals surface area contributed by atoms with Gasteiger partial charge in [0.2, 0.25) is 0 Å². The van der Waals surface area contributed by atoms with Crippen LogP contribution in [0.2, 0.25) is 15.1 Å². The van der Waals surface area contributed by atoms with Crippen LogP contribution < -0.4 is 5.73 Å². The van der Waals surface area contributed by atoms with E-state index >= 15 is 0 Å². The van der Waals surface area contributed by atoms with Crippen LogP contribution in [0.5, 0.6) is 0 Å². The van der Waals surface area contributed by atoms with Gasteiger partial charge in [0.1, 0.15) is 0 Å². The van der Waals surface area contributed by atoms with Crippen LogP contribution in [0, 0.1) is 0 Å². The summed E-state index contributed by atoms with van der Waals surface area (Å²) < 4.78 is 1.91. The number of aromatic nitrogens is 2. The number of nitrogens with zero attached hydrogens (tertiary/aromatic N) is 2. The Morgan fingerprint density at radius 1 is 1.14 bits per heavy atom. The van der Waals surface area contributed by atoms with Crippen LogP contribution in [0.3, 0.4) is 0 Å². The van der Waals surface area contributed by atoms with E-state index in [2.05, 4.69) is 5.10 Å². The summed E-state index contributed by atoms with van der Waals surface area (Å²) in [7, 11) is 0. The van der Waals surface area contributed by atoms with Gasteiger partial charge in [-0.05, 0) is 37.1 Å². The van der Waals surface area contributed by atoms with E-state index in [4.69, 9.17) is 40.5 Å². The Hall–Kier alpha value is -0.740. The van der Waals surface area contributed by atoms with Gasteiger partial charge in [-0.2, -0.15) is 5.10 Å². The molecule has 0 amide bonds. The normalized spacial score (nSPS) is 12.7. The van der Waals surface area contributed by atoms with Gasteiger partial charge >= 0.3 is 0 Å². The topological polar surface area (TPSA) is 43.8 Å². The molecule has 3 nitrogen and oxygen atoms in total. The van der Waals surface area contributed by atoms with E-state index in [1.165, 1.54) is 0 Å². The Kier molecular flexibility index (Phi) is 5.55. The SMILES string of the molecule is CCc1nn(CC)c(CC(N)c2cc(Cl)cc(Cl)c2)c1Cl. The molecule has 1 heterocycles. The number of rotatable bonds is 5. The van der Waals surface area contributed by atoms with Crippen LogP contribution in [-0.4, -0.2) is 9.78 Å². The highest BCUT2D eigenvalue weighted by Gasteiger charge is 2.18. The van der Waals surface area contributed by atoms with E-state index in [1.807, 2.05) is 30.7 Å². The highest BCUT2D eigenvalue weighted by atomic mass is 35.5. The first kappa shape index (κ1) is 16.6. The molecule has 2 rings (SSSR count). The van der Waals surface area contributed by atoms with E-state index in [0.29, 0.717) is 21.5 Å². The molecule has 0 radical (unpaired) electrons. The summed E-state index contributed by atoms with van der Waals surface area (Å²) in [4.78, 5) is 0. The van der Waals surface area contributed by atoms with E-state index in [9.17, 15) is 0 Å². The molecule has 1 aromatic heterocycles. The molecular formula is C15H18Cl3N3. The third-order valence-corrected chi connectivity index (χ3v) is 4.29. The lowest BCUT2D eigenvalue weighted by molar-refractivity contribution is 0.585. The van der Waals surface area contributed by atoms with Crippen LogP contribution >= 0.6 is 34.8 Å². The summed E-state index contributed by atoms with van der Waals surface area (Å²) in [6, 6.07) is 5.13. The molecule has 2 N–H and O–H groups in total. The van der Waals surface area contributed by atoms with Crippen molar-refractivity contribution in [3.05, 3.63) is 50.2 Å². The van der Waals surface area contributed by atoms with Gasteiger partial charge in [0, 0.05) is 29.1 Å². The van der Waals surface area contributed by atoms with Gasteiger partial charge in [0.25, 0.3) is 0 Å².